The first kappa shape index (κ1) is 19.9. The summed E-state index contributed by atoms with van der Waals surface area (Å²) in [6.07, 6.45) is 0. The standard InChI is InChI=1S/C20H22N4O3S/c1-13-8-18(24-27-13)23-20(26)12-28-11-19(25)22-17(10-21)16-7-6-14-4-2-3-5-15(14)9-16/h2-9,17H,10-12,21H2,1H3,(H,22,25)(H,23,24,26). The highest BCUT2D eigenvalue weighted by Crippen LogP contribution is 2.20. The molecule has 0 aliphatic rings. The highest BCUT2D eigenvalue weighted by atomic mass is 32.2. The molecule has 0 aliphatic heterocycles. The third-order valence-corrected chi connectivity index (χ3v) is 5.04. The molecule has 0 saturated heterocycles. The second-order valence-electron chi connectivity index (χ2n) is 6.33. The molecule has 1 unspecified atom stereocenters. The number of carbonyl (C=O) groups is 2. The zero-order chi connectivity index (χ0) is 19.9. The van der Waals surface area contributed by atoms with Crippen LogP contribution in [-0.4, -0.2) is 35.0 Å². The summed E-state index contributed by atoms with van der Waals surface area (Å²) in [5, 5.41) is 11.5. The van der Waals surface area contributed by atoms with Crippen molar-refractivity contribution in [1.82, 2.24) is 10.5 Å². The number of anilines is 1. The highest BCUT2D eigenvalue weighted by Gasteiger charge is 2.14. The first-order valence-corrected chi connectivity index (χ1v) is 9.99. The third kappa shape index (κ3) is 5.34. The van der Waals surface area contributed by atoms with Gasteiger partial charge >= 0.3 is 0 Å². The van der Waals surface area contributed by atoms with Crippen LogP contribution in [0.5, 0.6) is 0 Å². The Labute approximate surface area is 167 Å². The van der Waals surface area contributed by atoms with Gasteiger partial charge in [0.2, 0.25) is 11.8 Å². The number of nitrogens with one attached hydrogen (secondary N) is 2. The fourth-order valence-corrected chi connectivity index (χ4v) is 3.41. The second-order valence-corrected chi connectivity index (χ2v) is 7.31. The van der Waals surface area contributed by atoms with Gasteiger partial charge in [-0.1, -0.05) is 41.6 Å². The van der Waals surface area contributed by atoms with Crippen LogP contribution in [0.25, 0.3) is 10.8 Å². The molecule has 3 rings (SSSR count). The van der Waals surface area contributed by atoms with Crippen molar-refractivity contribution < 1.29 is 14.1 Å². The van der Waals surface area contributed by atoms with Crippen molar-refractivity contribution >= 4 is 40.2 Å². The first-order valence-electron chi connectivity index (χ1n) is 8.84. The highest BCUT2D eigenvalue weighted by molar-refractivity contribution is 8.00. The fraction of sp³-hybridized carbons (Fsp3) is 0.250. The lowest BCUT2D eigenvalue weighted by Gasteiger charge is -2.18. The predicted molar refractivity (Wildman–Crippen MR) is 111 cm³/mol. The average molecular weight is 398 g/mol. The summed E-state index contributed by atoms with van der Waals surface area (Å²) < 4.78 is 4.89. The molecule has 7 nitrogen and oxygen atoms in total. The normalized spacial score (nSPS) is 11.9. The van der Waals surface area contributed by atoms with Crippen LogP contribution in [0.15, 0.2) is 53.1 Å². The van der Waals surface area contributed by atoms with Crippen LogP contribution in [0, 0.1) is 6.92 Å². The summed E-state index contributed by atoms with van der Waals surface area (Å²) in [5.74, 6) is 0.878. The molecule has 28 heavy (non-hydrogen) atoms. The minimum atomic E-state index is -0.273. The summed E-state index contributed by atoms with van der Waals surface area (Å²) in [7, 11) is 0. The predicted octanol–water partition coefficient (Wildman–Crippen LogP) is 2.62. The van der Waals surface area contributed by atoms with Crippen LogP contribution in [-0.2, 0) is 9.59 Å². The molecule has 0 radical (unpaired) electrons. The molecule has 0 saturated carbocycles. The van der Waals surface area contributed by atoms with E-state index in [0.29, 0.717) is 18.1 Å². The number of nitrogens with zero attached hydrogens (tertiary/aromatic N) is 1. The number of benzene rings is 2. The maximum atomic E-state index is 12.2. The van der Waals surface area contributed by atoms with Crippen LogP contribution in [0.4, 0.5) is 5.82 Å². The van der Waals surface area contributed by atoms with Crippen molar-refractivity contribution in [3.05, 3.63) is 59.9 Å². The van der Waals surface area contributed by atoms with Gasteiger partial charge in [-0.2, -0.15) is 0 Å². The third-order valence-electron chi connectivity index (χ3n) is 4.11. The fourth-order valence-electron chi connectivity index (χ4n) is 2.78. The van der Waals surface area contributed by atoms with Gasteiger partial charge in [0, 0.05) is 12.6 Å². The molecule has 0 spiro atoms. The molecule has 0 bridgehead atoms. The van der Waals surface area contributed by atoms with Gasteiger partial charge in [0.15, 0.2) is 5.82 Å². The van der Waals surface area contributed by atoms with E-state index in [-0.39, 0.29) is 29.4 Å². The summed E-state index contributed by atoms with van der Waals surface area (Å²) in [4.78, 5) is 24.1. The summed E-state index contributed by atoms with van der Waals surface area (Å²) in [5.41, 5.74) is 6.82. The molecule has 1 heterocycles. The van der Waals surface area contributed by atoms with E-state index in [1.54, 1.807) is 13.0 Å². The Balaban J connectivity index is 1.48. The molecule has 8 heteroatoms. The van der Waals surface area contributed by atoms with E-state index in [0.717, 1.165) is 16.3 Å². The number of rotatable bonds is 8. The maximum Gasteiger partial charge on any atom is 0.235 e. The summed E-state index contributed by atoms with van der Waals surface area (Å²) in [6, 6.07) is 15.4. The lowest BCUT2D eigenvalue weighted by Crippen LogP contribution is -2.34. The molecule has 1 aromatic heterocycles. The number of amides is 2. The lowest BCUT2D eigenvalue weighted by atomic mass is 10.0. The van der Waals surface area contributed by atoms with Gasteiger partial charge in [-0.25, -0.2) is 0 Å². The van der Waals surface area contributed by atoms with Crippen LogP contribution < -0.4 is 16.4 Å². The first-order chi connectivity index (χ1) is 13.5. The van der Waals surface area contributed by atoms with Gasteiger partial charge in [-0.15, -0.1) is 11.8 Å². The number of aromatic nitrogens is 1. The molecule has 4 N–H and O–H groups in total. The largest absolute Gasteiger partial charge is 0.360 e. The van der Waals surface area contributed by atoms with Crippen LogP contribution >= 0.6 is 11.8 Å². The lowest BCUT2D eigenvalue weighted by molar-refractivity contribution is -0.119. The van der Waals surface area contributed by atoms with E-state index in [2.05, 4.69) is 15.8 Å². The molecular formula is C20H22N4O3S. The van der Waals surface area contributed by atoms with Gasteiger partial charge < -0.3 is 20.9 Å². The van der Waals surface area contributed by atoms with Crippen molar-refractivity contribution in [2.24, 2.45) is 5.73 Å². The number of nitrogens with two attached hydrogens (primary N) is 1. The van der Waals surface area contributed by atoms with Gasteiger partial charge in [0.05, 0.1) is 17.5 Å². The molecule has 2 amide bonds. The quantitative estimate of drug-likeness (QED) is 0.538. The monoisotopic (exact) mass is 398 g/mol. The number of carbonyl (C=O) groups excluding carboxylic acids is 2. The molecule has 3 aromatic rings. The Bertz CT molecular complexity index is 973. The van der Waals surface area contributed by atoms with E-state index in [9.17, 15) is 9.59 Å². The van der Waals surface area contributed by atoms with Gasteiger partial charge in [-0.3, -0.25) is 9.59 Å². The zero-order valence-corrected chi connectivity index (χ0v) is 16.3. The molecular weight excluding hydrogens is 376 g/mol. The summed E-state index contributed by atoms with van der Waals surface area (Å²) in [6.45, 7) is 2.03. The van der Waals surface area contributed by atoms with Crippen molar-refractivity contribution in [2.75, 3.05) is 23.4 Å². The van der Waals surface area contributed by atoms with Crippen LogP contribution in [0.3, 0.4) is 0 Å². The second kappa shape index (κ2) is 9.38. The number of hydrogen-bond donors (Lipinski definition) is 3. The van der Waals surface area contributed by atoms with Crippen molar-refractivity contribution in [3.63, 3.8) is 0 Å². The Morgan fingerprint density at radius 1 is 1.11 bits per heavy atom. The van der Waals surface area contributed by atoms with Gasteiger partial charge in [0.1, 0.15) is 5.76 Å². The molecule has 146 valence electrons. The van der Waals surface area contributed by atoms with Crippen LogP contribution in [0.1, 0.15) is 17.4 Å². The Kier molecular flexibility index (Phi) is 6.67. The Hall–Kier alpha value is -2.84. The minimum absolute atomic E-state index is 0.141. The van der Waals surface area contributed by atoms with Crippen LogP contribution in [0.2, 0.25) is 0 Å². The maximum absolute atomic E-state index is 12.2. The Morgan fingerprint density at radius 2 is 1.86 bits per heavy atom. The minimum Gasteiger partial charge on any atom is -0.360 e. The van der Waals surface area contributed by atoms with Crippen molar-refractivity contribution in [2.45, 2.75) is 13.0 Å². The van der Waals surface area contributed by atoms with E-state index >= 15 is 0 Å². The molecule has 2 aromatic carbocycles. The SMILES string of the molecule is Cc1cc(NC(=O)CSCC(=O)NC(CN)c2ccc3ccccc3c2)no1. The number of hydrogen-bond acceptors (Lipinski definition) is 6. The number of thioether (sulfide) groups is 1. The molecule has 0 aliphatic carbocycles. The van der Waals surface area contributed by atoms with E-state index in [1.165, 1.54) is 11.8 Å². The molecule has 1 atom stereocenters. The van der Waals surface area contributed by atoms with Gasteiger partial charge in [-0.05, 0) is 29.3 Å². The van der Waals surface area contributed by atoms with Crippen molar-refractivity contribution in [3.8, 4) is 0 Å². The molecule has 0 fully saturated rings. The van der Waals surface area contributed by atoms with E-state index in [1.807, 2.05) is 42.5 Å². The van der Waals surface area contributed by atoms with E-state index < -0.39 is 0 Å². The number of aryl methyl sites for hydroxylation is 1. The van der Waals surface area contributed by atoms with Crippen molar-refractivity contribution in [1.29, 1.82) is 0 Å². The number of fused-ring (bicyclic) bond motifs is 1. The Morgan fingerprint density at radius 3 is 2.57 bits per heavy atom. The van der Waals surface area contributed by atoms with Gasteiger partial charge in [0.25, 0.3) is 0 Å². The average Bonchev–Trinajstić information content (AvgIpc) is 3.10. The topological polar surface area (TPSA) is 110 Å². The van der Waals surface area contributed by atoms with E-state index in [4.69, 9.17) is 10.3 Å². The smallest absolute Gasteiger partial charge is 0.235 e. The summed E-state index contributed by atoms with van der Waals surface area (Å²) >= 11 is 1.22. The zero-order valence-electron chi connectivity index (χ0n) is 15.5.